The predicted octanol–water partition coefficient (Wildman–Crippen LogP) is 4.78. The minimum absolute atomic E-state index is 0.850. The fourth-order valence-electron chi connectivity index (χ4n) is 5.23. The van der Waals surface area contributed by atoms with Crippen molar-refractivity contribution in [1.82, 2.24) is 0 Å². The first-order valence-electron chi connectivity index (χ1n) is 7.30. The summed E-state index contributed by atoms with van der Waals surface area (Å²) in [5.74, 6) is 3.30. The van der Waals surface area contributed by atoms with Gasteiger partial charge in [0.1, 0.15) is 0 Å². The number of hydrogen-bond donors (Lipinski definition) is 0. The molecule has 3 aliphatic carbocycles. The van der Waals surface area contributed by atoms with Gasteiger partial charge < -0.3 is 0 Å². The molecule has 0 N–H and O–H groups in total. The number of fused-ring (bicyclic) bond motifs is 2. The summed E-state index contributed by atoms with van der Waals surface area (Å²) in [7, 11) is 0. The third-order valence-corrected chi connectivity index (χ3v) is 5.88. The molecular weight excluding hydrogens is 180 g/mol. The summed E-state index contributed by atoms with van der Waals surface area (Å²) in [6.07, 6.45) is 15.6. The van der Waals surface area contributed by atoms with Gasteiger partial charge in [-0.05, 0) is 55.3 Å². The maximum Gasteiger partial charge on any atom is -0.0267 e. The molecule has 0 unspecified atom stereocenters. The summed E-state index contributed by atoms with van der Waals surface area (Å²) in [5, 5.41) is 0. The average Bonchev–Trinajstić information content (AvgIpc) is 2.67. The third kappa shape index (κ3) is 1.65. The van der Waals surface area contributed by atoms with Crippen LogP contribution in [0.4, 0.5) is 0 Å². The van der Waals surface area contributed by atoms with Crippen LogP contribution in [0.25, 0.3) is 0 Å². The molecule has 3 aliphatic rings. The summed E-state index contributed by atoms with van der Waals surface area (Å²) in [6.45, 7) is 2.48. The topological polar surface area (TPSA) is 0 Å². The Morgan fingerprint density at radius 3 is 2.40 bits per heavy atom. The first-order chi connectivity index (χ1) is 7.30. The van der Waals surface area contributed by atoms with Crippen molar-refractivity contribution in [3.8, 4) is 0 Å². The summed E-state index contributed by atoms with van der Waals surface area (Å²) < 4.78 is 0. The van der Waals surface area contributed by atoms with Crippen molar-refractivity contribution in [3.05, 3.63) is 0 Å². The van der Waals surface area contributed by atoms with E-state index in [1.807, 2.05) is 0 Å². The van der Waals surface area contributed by atoms with Crippen molar-refractivity contribution in [2.24, 2.45) is 23.2 Å². The Kier molecular flexibility index (Phi) is 2.57. The Bertz CT molecular complexity index is 224. The highest BCUT2D eigenvalue weighted by Gasteiger charge is 2.47. The van der Waals surface area contributed by atoms with Crippen molar-refractivity contribution in [2.75, 3.05) is 0 Å². The van der Waals surface area contributed by atoms with E-state index in [2.05, 4.69) is 6.92 Å². The summed E-state index contributed by atoms with van der Waals surface area (Å²) in [5.41, 5.74) is 0.850. The summed E-state index contributed by atoms with van der Waals surface area (Å²) >= 11 is 0. The van der Waals surface area contributed by atoms with Gasteiger partial charge in [0, 0.05) is 0 Å². The van der Waals surface area contributed by atoms with E-state index in [1.165, 1.54) is 6.42 Å². The Hall–Kier alpha value is 0. The van der Waals surface area contributed by atoms with Gasteiger partial charge in [0.15, 0.2) is 0 Å². The third-order valence-electron chi connectivity index (χ3n) is 5.88. The van der Waals surface area contributed by atoms with Gasteiger partial charge in [0.05, 0.1) is 0 Å². The van der Waals surface area contributed by atoms with E-state index in [4.69, 9.17) is 0 Å². The maximum absolute atomic E-state index is 2.48. The van der Waals surface area contributed by atoms with Crippen LogP contribution in [0.5, 0.6) is 0 Å². The zero-order valence-corrected chi connectivity index (χ0v) is 10.3. The minimum Gasteiger partial charge on any atom is -0.0625 e. The fraction of sp³-hybridized carbons (Fsp3) is 1.00. The normalized spacial score (nSPS) is 44.2. The molecule has 86 valence electrons. The van der Waals surface area contributed by atoms with E-state index in [-0.39, 0.29) is 0 Å². The Labute approximate surface area is 94.8 Å². The molecular formula is C15H26. The number of hydrogen-bond acceptors (Lipinski definition) is 0. The monoisotopic (exact) mass is 206 g/mol. The second-order valence-electron chi connectivity index (χ2n) is 6.75. The molecule has 0 aliphatic heterocycles. The highest BCUT2D eigenvalue weighted by atomic mass is 14.5. The van der Waals surface area contributed by atoms with Crippen LogP contribution in [-0.2, 0) is 0 Å². The first kappa shape index (κ1) is 10.2. The van der Waals surface area contributed by atoms with Crippen molar-refractivity contribution in [1.29, 1.82) is 0 Å². The van der Waals surface area contributed by atoms with Crippen LogP contribution in [-0.4, -0.2) is 0 Å². The lowest BCUT2D eigenvalue weighted by Gasteiger charge is -2.50. The SMILES string of the molecule is C[C@@H]1CC[C@H]2[C@H](CCCC23CCCC3)C1. The zero-order valence-electron chi connectivity index (χ0n) is 10.3. The Morgan fingerprint density at radius 2 is 1.60 bits per heavy atom. The predicted molar refractivity (Wildman–Crippen MR) is 64.7 cm³/mol. The van der Waals surface area contributed by atoms with Crippen molar-refractivity contribution in [2.45, 2.75) is 71.1 Å². The molecule has 0 radical (unpaired) electrons. The fourth-order valence-corrected chi connectivity index (χ4v) is 5.23. The molecule has 15 heavy (non-hydrogen) atoms. The standard InChI is InChI=1S/C15H26/c1-12-6-7-14-13(11-12)5-4-10-15(14)8-2-3-9-15/h12-14H,2-11H2,1H3/t12-,13-,14+/m1/s1. The molecule has 3 saturated carbocycles. The van der Waals surface area contributed by atoms with Gasteiger partial charge in [-0.2, -0.15) is 0 Å². The summed E-state index contributed by atoms with van der Waals surface area (Å²) in [6, 6.07) is 0. The van der Waals surface area contributed by atoms with Crippen LogP contribution in [0.1, 0.15) is 71.1 Å². The highest BCUT2D eigenvalue weighted by Crippen LogP contribution is 2.58. The van der Waals surface area contributed by atoms with E-state index in [9.17, 15) is 0 Å². The van der Waals surface area contributed by atoms with E-state index in [0.29, 0.717) is 0 Å². The van der Waals surface area contributed by atoms with Gasteiger partial charge in [-0.15, -0.1) is 0 Å². The van der Waals surface area contributed by atoms with Gasteiger partial charge in [0.25, 0.3) is 0 Å². The largest absolute Gasteiger partial charge is 0.0625 e. The van der Waals surface area contributed by atoms with Crippen LogP contribution in [0.3, 0.4) is 0 Å². The Morgan fingerprint density at radius 1 is 0.867 bits per heavy atom. The first-order valence-corrected chi connectivity index (χ1v) is 7.30. The van der Waals surface area contributed by atoms with E-state index in [1.54, 1.807) is 57.8 Å². The molecule has 0 nitrogen and oxygen atoms in total. The van der Waals surface area contributed by atoms with Gasteiger partial charge in [-0.1, -0.05) is 39.0 Å². The molecule has 3 atom stereocenters. The average molecular weight is 206 g/mol. The smallest absolute Gasteiger partial charge is 0.0267 e. The second-order valence-corrected chi connectivity index (χ2v) is 6.75. The molecule has 0 bridgehead atoms. The van der Waals surface area contributed by atoms with Crippen LogP contribution in [0.2, 0.25) is 0 Å². The van der Waals surface area contributed by atoms with Crippen LogP contribution >= 0.6 is 0 Å². The van der Waals surface area contributed by atoms with Crippen LogP contribution in [0.15, 0.2) is 0 Å². The molecule has 0 saturated heterocycles. The maximum atomic E-state index is 2.48. The second kappa shape index (κ2) is 3.79. The Balaban J connectivity index is 1.79. The van der Waals surface area contributed by atoms with Gasteiger partial charge >= 0.3 is 0 Å². The quantitative estimate of drug-likeness (QED) is 0.535. The van der Waals surface area contributed by atoms with Crippen molar-refractivity contribution in [3.63, 3.8) is 0 Å². The lowest BCUT2D eigenvalue weighted by Crippen LogP contribution is -2.40. The molecule has 3 rings (SSSR count). The van der Waals surface area contributed by atoms with Gasteiger partial charge in [0.2, 0.25) is 0 Å². The van der Waals surface area contributed by atoms with Crippen LogP contribution < -0.4 is 0 Å². The molecule has 0 amide bonds. The lowest BCUT2D eigenvalue weighted by atomic mass is 9.55. The lowest BCUT2D eigenvalue weighted by molar-refractivity contribution is 0.00248. The van der Waals surface area contributed by atoms with E-state index >= 15 is 0 Å². The number of rotatable bonds is 0. The minimum atomic E-state index is 0.850. The molecule has 0 aromatic heterocycles. The van der Waals surface area contributed by atoms with E-state index < -0.39 is 0 Å². The molecule has 0 heteroatoms. The van der Waals surface area contributed by atoms with Gasteiger partial charge in [-0.25, -0.2) is 0 Å². The van der Waals surface area contributed by atoms with Crippen LogP contribution in [0, 0.1) is 23.2 Å². The zero-order chi connectivity index (χ0) is 10.3. The van der Waals surface area contributed by atoms with Crippen molar-refractivity contribution < 1.29 is 0 Å². The molecule has 0 aromatic carbocycles. The summed E-state index contributed by atoms with van der Waals surface area (Å²) in [4.78, 5) is 0. The molecule has 1 spiro atoms. The highest BCUT2D eigenvalue weighted by molar-refractivity contribution is 4.98. The molecule has 0 heterocycles. The van der Waals surface area contributed by atoms with Crippen molar-refractivity contribution >= 4 is 0 Å². The van der Waals surface area contributed by atoms with Gasteiger partial charge in [-0.3, -0.25) is 0 Å². The molecule has 3 fully saturated rings. The molecule has 0 aromatic rings. The van der Waals surface area contributed by atoms with E-state index in [0.717, 1.165) is 23.2 Å².